The number of hydrogen-bond acceptors (Lipinski definition) is 2. The average Bonchev–Trinajstić information content (AvgIpc) is 2.36. The summed E-state index contributed by atoms with van der Waals surface area (Å²) in [6, 6.07) is 9.15. The molecule has 0 fully saturated rings. The zero-order valence-corrected chi connectivity index (χ0v) is 11.5. The van der Waals surface area contributed by atoms with Crippen LogP contribution in [0.15, 0.2) is 24.3 Å². The molecule has 0 amide bonds. The standard InChI is InChI=1S/C15H25NO/c1-5-10-16-15(13(3)17-4)11-14-8-6-12(2)7-9-14/h6-9,13,15-16H,5,10-11H2,1-4H3. The summed E-state index contributed by atoms with van der Waals surface area (Å²) >= 11 is 0. The first kappa shape index (κ1) is 14.2. The minimum absolute atomic E-state index is 0.239. The van der Waals surface area contributed by atoms with Crippen molar-refractivity contribution >= 4 is 0 Å². The molecule has 0 saturated heterocycles. The second kappa shape index (κ2) is 7.46. The summed E-state index contributed by atoms with van der Waals surface area (Å²) in [6.07, 6.45) is 2.42. The molecule has 0 aliphatic carbocycles. The Hall–Kier alpha value is -0.860. The highest BCUT2D eigenvalue weighted by Crippen LogP contribution is 2.09. The van der Waals surface area contributed by atoms with Crippen LogP contribution in [0.5, 0.6) is 0 Å². The highest BCUT2D eigenvalue weighted by atomic mass is 16.5. The van der Waals surface area contributed by atoms with Gasteiger partial charge in [0.2, 0.25) is 0 Å². The van der Waals surface area contributed by atoms with Crippen LogP contribution in [0.25, 0.3) is 0 Å². The van der Waals surface area contributed by atoms with E-state index in [1.54, 1.807) is 7.11 Å². The van der Waals surface area contributed by atoms with E-state index in [1.165, 1.54) is 11.1 Å². The van der Waals surface area contributed by atoms with Gasteiger partial charge in [-0.15, -0.1) is 0 Å². The van der Waals surface area contributed by atoms with Crippen molar-refractivity contribution in [2.75, 3.05) is 13.7 Å². The molecule has 0 aromatic heterocycles. The van der Waals surface area contributed by atoms with Crippen LogP contribution in [0.3, 0.4) is 0 Å². The van der Waals surface area contributed by atoms with E-state index in [2.05, 4.69) is 50.4 Å². The molecule has 0 radical (unpaired) electrons. The molecule has 1 N–H and O–H groups in total. The van der Waals surface area contributed by atoms with E-state index in [-0.39, 0.29) is 6.10 Å². The molecule has 1 aromatic carbocycles. The van der Waals surface area contributed by atoms with Crippen molar-refractivity contribution in [1.29, 1.82) is 0 Å². The summed E-state index contributed by atoms with van der Waals surface area (Å²) < 4.78 is 5.44. The molecular weight excluding hydrogens is 210 g/mol. The lowest BCUT2D eigenvalue weighted by Gasteiger charge is -2.24. The molecule has 2 nitrogen and oxygen atoms in total. The van der Waals surface area contributed by atoms with Crippen molar-refractivity contribution in [2.45, 2.75) is 45.8 Å². The van der Waals surface area contributed by atoms with E-state index < -0.39 is 0 Å². The first-order valence-corrected chi connectivity index (χ1v) is 6.49. The zero-order valence-electron chi connectivity index (χ0n) is 11.5. The second-order valence-corrected chi connectivity index (χ2v) is 4.69. The molecule has 0 aliphatic heterocycles. The van der Waals surface area contributed by atoms with Crippen LogP contribution in [0.2, 0.25) is 0 Å². The number of ether oxygens (including phenoxy) is 1. The van der Waals surface area contributed by atoms with Gasteiger partial charge in [0, 0.05) is 13.2 Å². The second-order valence-electron chi connectivity index (χ2n) is 4.69. The summed E-state index contributed by atoms with van der Waals surface area (Å²) in [6.45, 7) is 7.48. The SMILES string of the molecule is CCCNC(Cc1ccc(C)cc1)C(C)OC. The molecule has 0 saturated carbocycles. The van der Waals surface area contributed by atoms with E-state index in [0.717, 1.165) is 19.4 Å². The van der Waals surface area contributed by atoms with Gasteiger partial charge in [0.15, 0.2) is 0 Å². The lowest BCUT2D eigenvalue weighted by Crippen LogP contribution is -2.41. The molecule has 17 heavy (non-hydrogen) atoms. The predicted molar refractivity (Wildman–Crippen MR) is 73.4 cm³/mol. The molecule has 0 bridgehead atoms. The first-order chi connectivity index (χ1) is 8.17. The number of aryl methyl sites for hydroxylation is 1. The maximum Gasteiger partial charge on any atom is 0.0699 e. The average molecular weight is 235 g/mol. The Morgan fingerprint density at radius 1 is 1.24 bits per heavy atom. The molecule has 0 heterocycles. The van der Waals surface area contributed by atoms with Crippen LogP contribution < -0.4 is 5.32 Å². The van der Waals surface area contributed by atoms with Crippen LogP contribution >= 0.6 is 0 Å². The van der Waals surface area contributed by atoms with Gasteiger partial charge in [-0.2, -0.15) is 0 Å². The molecule has 96 valence electrons. The van der Waals surface area contributed by atoms with Gasteiger partial charge in [-0.25, -0.2) is 0 Å². The monoisotopic (exact) mass is 235 g/mol. The van der Waals surface area contributed by atoms with Crippen LogP contribution in [-0.2, 0) is 11.2 Å². The third-order valence-electron chi connectivity index (χ3n) is 3.17. The Balaban J connectivity index is 2.61. The van der Waals surface area contributed by atoms with Gasteiger partial charge >= 0.3 is 0 Å². The van der Waals surface area contributed by atoms with Gasteiger partial charge in [0.25, 0.3) is 0 Å². The van der Waals surface area contributed by atoms with Crippen LogP contribution in [-0.4, -0.2) is 25.8 Å². The maximum absolute atomic E-state index is 5.44. The molecular formula is C15H25NO. The third-order valence-corrected chi connectivity index (χ3v) is 3.17. The Bertz CT molecular complexity index is 307. The number of benzene rings is 1. The molecule has 1 aromatic rings. The van der Waals surface area contributed by atoms with Crippen LogP contribution in [0.4, 0.5) is 0 Å². The minimum Gasteiger partial charge on any atom is -0.380 e. The quantitative estimate of drug-likeness (QED) is 0.784. The fourth-order valence-electron chi connectivity index (χ4n) is 1.88. The Morgan fingerprint density at radius 3 is 2.41 bits per heavy atom. The Kier molecular flexibility index (Phi) is 6.23. The van der Waals surface area contributed by atoms with Gasteiger partial charge in [-0.05, 0) is 38.8 Å². The number of rotatable bonds is 7. The van der Waals surface area contributed by atoms with E-state index in [1.807, 2.05) is 0 Å². The summed E-state index contributed by atoms with van der Waals surface area (Å²) in [5, 5.41) is 3.56. The molecule has 2 heteroatoms. The highest BCUT2D eigenvalue weighted by molar-refractivity contribution is 5.22. The summed E-state index contributed by atoms with van der Waals surface area (Å²) in [7, 11) is 1.78. The minimum atomic E-state index is 0.239. The third kappa shape index (κ3) is 4.88. The van der Waals surface area contributed by atoms with Crippen molar-refractivity contribution in [3.05, 3.63) is 35.4 Å². The smallest absolute Gasteiger partial charge is 0.0699 e. The van der Waals surface area contributed by atoms with Crippen LogP contribution in [0.1, 0.15) is 31.4 Å². The van der Waals surface area contributed by atoms with E-state index >= 15 is 0 Å². The number of methoxy groups -OCH3 is 1. The maximum atomic E-state index is 5.44. The van der Waals surface area contributed by atoms with Crippen molar-refractivity contribution in [3.8, 4) is 0 Å². The zero-order chi connectivity index (χ0) is 12.7. The Morgan fingerprint density at radius 2 is 1.88 bits per heavy atom. The summed E-state index contributed by atoms with van der Waals surface area (Å²) in [4.78, 5) is 0. The van der Waals surface area contributed by atoms with Gasteiger partial charge in [-0.3, -0.25) is 0 Å². The molecule has 1 rings (SSSR count). The first-order valence-electron chi connectivity index (χ1n) is 6.49. The fourth-order valence-corrected chi connectivity index (χ4v) is 1.88. The van der Waals surface area contributed by atoms with Gasteiger partial charge in [0.1, 0.15) is 0 Å². The van der Waals surface area contributed by atoms with Crippen LogP contribution in [0, 0.1) is 6.92 Å². The number of hydrogen-bond donors (Lipinski definition) is 1. The van der Waals surface area contributed by atoms with Crippen molar-refractivity contribution in [2.24, 2.45) is 0 Å². The fraction of sp³-hybridized carbons (Fsp3) is 0.600. The number of nitrogens with one attached hydrogen (secondary N) is 1. The topological polar surface area (TPSA) is 21.3 Å². The lowest BCUT2D eigenvalue weighted by molar-refractivity contribution is 0.0831. The molecule has 0 spiro atoms. The summed E-state index contributed by atoms with van der Waals surface area (Å²) in [5.74, 6) is 0. The predicted octanol–water partition coefficient (Wildman–Crippen LogP) is 2.94. The summed E-state index contributed by atoms with van der Waals surface area (Å²) in [5.41, 5.74) is 2.68. The van der Waals surface area contributed by atoms with E-state index in [9.17, 15) is 0 Å². The van der Waals surface area contributed by atoms with Gasteiger partial charge in [0.05, 0.1) is 6.10 Å². The van der Waals surface area contributed by atoms with E-state index in [0.29, 0.717) is 6.04 Å². The van der Waals surface area contributed by atoms with Gasteiger partial charge in [-0.1, -0.05) is 36.8 Å². The van der Waals surface area contributed by atoms with Crippen molar-refractivity contribution in [3.63, 3.8) is 0 Å². The van der Waals surface area contributed by atoms with Gasteiger partial charge < -0.3 is 10.1 Å². The largest absolute Gasteiger partial charge is 0.380 e. The highest BCUT2D eigenvalue weighted by Gasteiger charge is 2.16. The molecule has 0 aliphatic rings. The molecule has 2 unspecified atom stereocenters. The Labute approximate surface area is 105 Å². The van der Waals surface area contributed by atoms with Crippen molar-refractivity contribution < 1.29 is 4.74 Å². The lowest BCUT2D eigenvalue weighted by atomic mass is 10.0. The van der Waals surface area contributed by atoms with Crippen molar-refractivity contribution in [1.82, 2.24) is 5.32 Å². The molecule has 2 atom stereocenters. The van der Waals surface area contributed by atoms with E-state index in [4.69, 9.17) is 4.74 Å². The normalized spacial score (nSPS) is 14.6.